The van der Waals surface area contributed by atoms with Gasteiger partial charge in [-0.3, -0.25) is 4.79 Å². The van der Waals surface area contributed by atoms with Gasteiger partial charge in [-0.05, 0) is 56.7 Å². The number of hydrogen-bond donors (Lipinski definition) is 1. The molecule has 1 fully saturated rings. The van der Waals surface area contributed by atoms with Gasteiger partial charge in [-0.1, -0.05) is 13.0 Å². The van der Waals surface area contributed by atoms with Crippen LogP contribution in [0.3, 0.4) is 0 Å². The molecule has 8 heteroatoms. The molecule has 0 radical (unpaired) electrons. The van der Waals surface area contributed by atoms with E-state index in [4.69, 9.17) is 9.47 Å². The number of nitrogens with zero attached hydrogens (tertiary/aromatic N) is 1. The number of nitrogens with one attached hydrogen (secondary N) is 1. The van der Waals surface area contributed by atoms with Crippen molar-refractivity contribution in [3.8, 4) is 5.75 Å². The first kappa shape index (κ1) is 22.3. The fraction of sp³-hybridized carbons (Fsp3) is 0.409. The lowest BCUT2D eigenvalue weighted by atomic mass is 10.2. The van der Waals surface area contributed by atoms with Crippen molar-refractivity contribution < 1.29 is 22.7 Å². The Morgan fingerprint density at radius 1 is 1.13 bits per heavy atom. The van der Waals surface area contributed by atoms with E-state index in [-0.39, 0.29) is 23.0 Å². The number of carbonyl (C=O) groups is 1. The van der Waals surface area contributed by atoms with Crippen LogP contribution in [0.2, 0.25) is 0 Å². The molecule has 2 aromatic rings. The summed E-state index contributed by atoms with van der Waals surface area (Å²) in [6.45, 7) is 6.96. The first-order valence-corrected chi connectivity index (χ1v) is 11.5. The zero-order valence-electron chi connectivity index (χ0n) is 17.5. The summed E-state index contributed by atoms with van der Waals surface area (Å²) in [7, 11) is -3.64. The Labute approximate surface area is 178 Å². The normalized spacial score (nSPS) is 20.0. The monoisotopic (exact) mass is 432 g/mol. The maximum Gasteiger partial charge on any atom is 0.255 e. The molecule has 1 N–H and O–H groups in total. The lowest BCUT2D eigenvalue weighted by Crippen LogP contribution is -2.48. The Hall–Kier alpha value is -2.42. The zero-order valence-corrected chi connectivity index (χ0v) is 18.3. The predicted molar refractivity (Wildman–Crippen MR) is 115 cm³/mol. The van der Waals surface area contributed by atoms with E-state index < -0.39 is 10.0 Å². The minimum atomic E-state index is -3.64. The van der Waals surface area contributed by atoms with Crippen LogP contribution in [0.1, 0.15) is 37.6 Å². The Balaban J connectivity index is 1.70. The van der Waals surface area contributed by atoms with Crippen LogP contribution in [0, 0.1) is 0 Å². The molecule has 0 saturated carbocycles. The molecule has 2 atom stereocenters. The summed E-state index contributed by atoms with van der Waals surface area (Å²) in [5, 5.41) is 2.81. The molecule has 1 aliphatic rings. The predicted octanol–water partition coefficient (Wildman–Crippen LogP) is 3.53. The van der Waals surface area contributed by atoms with Gasteiger partial charge in [0, 0.05) is 30.4 Å². The molecule has 2 aromatic carbocycles. The van der Waals surface area contributed by atoms with Crippen molar-refractivity contribution in [1.82, 2.24) is 4.31 Å². The van der Waals surface area contributed by atoms with Gasteiger partial charge in [-0.25, -0.2) is 8.42 Å². The number of rotatable bonds is 7. The molecule has 7 nitrogen and oxygen atoms in total. The van der Waals surface area contributed by atoms with Crippen LogP contribution in [-0.4, -0.2) is 50.5 Å². The lowest BCUT2D eigenvalue weighted by molar-refractivity contribution is -0.0440. The maximum absolute atomic E-state index is 12.9. The molecule has 0 aromatic heterocycles. The Kier molecular flexibility index (Phi) is 7.12. The largest absolute Gasteiger partial charge is 0.494 e. The average molecular weight is 433 g/mol. The third-order valence-electron chi connectivity index (χ3n) is 4.71. The van der Waals surface area contributed by atoms with Crippen LogP contribution >= 0.6 is 0 Å². The zero-order chi connectivity index (χ0) is 21.7. The Morgan fingerprint density at radius 2 is 1.80 bits per heavy atom. The molecule has 30 heavy (non-hydrogen) atoms. The summed E-state index contributed by atoms with van der Waals surface area (Å²) in [4.78, 5) is 12.7. The van der Waals surface area contributed by atoms with Crippen molar-refractivity contribution in [2.24, 2.45) is 0 Å². The molecular formula is C22H28N2O5S. The van der Waals surface area contributed by atoms with Crippen molar-refractivity contribution in [3.05, 3.63) is 54.1 Å². The highest BCUT2D eigenvalue weighted by atomic mass is 32.2. The highest BCUT2D eigenvalue weighted by Gasteiger charge is 2.32. The van der Waals surface area contributed by atoms with Gasteiger partial charge in [0.15, 0.2) is 0 Å². The van der Waals surface area contributed by atoms with Gasteiger partial charge in [-0.15, -0.1) is 0 Å². The molecule has 0 spiro atoms. The van der Waals surface area contributed by atoms with E-state index in [9.17, 15) is 13.2 Å². The van der Waals surface area contributed by atoms with Crippen LogP contribution in [0.4, 0.5) is 5.69 Å². The van der Waals surface area contributed by atoms with Crippen molar-refractivity contribution in [2.45, 2.75) is 44.3 Å². The van der Waals surface area contributed by atoms with Crippen molar-refractivity contribution in [1.29, 1.82) is 0 Å². The Bertz CT molecular complexity index is 965. The summed E-state index contributed by atoms with van der Waals surface area (Å²) in [6, 6.07) is 13.1. The highest BCUT2D eigenvalue weighted by Crippen LogP contribution is 2.22. The standard InChI is InChI=1S/C22H28N2O5S/c1-4-12-28-20-7-5-6-19(13-20)23-22(25)18-8-10-21(11-9-18)30(26,27)24-14-16(2)29-17(3)15-24/h5-11,13,16-17H,4,12,14-15H2,1-3H3,(H,23,25). The second-order valence-electron chi connectivity index (χ2n) is 7.43. The highest BCUT2D eigenvalue weighted by molar-refractivity contribution is 7.89. The van der Waals surface area contributed by atoms with Crippen LogP contribution in [-0.2, 0) is 14.8 Å². The summed E-state index contributed by atoms with van der Waals surface area (Å²) in [5.41, 5.74) is 0.985. The SMILES string of the molecule is CCCOc1cccc(NC(=O)c2ccc(S(=O)(=O)N3CC(C)OC(C)C3)cc2)c1. The molecule has 1 amide bonds. The summed E-state index contributed by atoms with van der Waals surface area (Å²) < 4.78 is 38.5. The molecule has 162 valence electrons. The first-order valence-electron chi connectivity index (χ1n) is 10.1. The smallest absolute Gasteiger partial charge is 0.255 e. The van der Waals surface area contributed by atoms with E-state index in [1.54, 1.807) is 18.2 Å². The van der Waals surface area contributed by atoms with Crippen molar-refractivity contribution >= 4 is 21.6 Å². The number of hydrogen-bond acceptors (Lipinski definition) is 5. The summed E-state index contributed by atoms with van der Waals surface area (Å²) >= 11 is 0. The molecule has 1 aliphatic heterocycles. The van der Waals surface area contributed by atoms with Gasteiger partial charge in [0.25, 0.3) is 5.91 Å². The lowest BCUT2D eigenvalue weighted by Gasteiger charge is -2.34. The number of amides is 1. The number of sulfonamides is 1. The second kappa shape index (κ2) is 9.59. The number of ether oxygens (including phenoxy) is 2. The van der Waals surface area contributed by atoms with Crippen molar-refractivity contribution in [3.63, 3.8) is 0 Å². The van der Waals surface area contributed by atoms with Gasteiger partial charge >= 0.3 is 0 Å². The van der Waals surface area contributed by atoms with Gasteiger partial charge in [0.05, 0.1) is 23.7 Å². The topological polar surface area (TPSA) is 84.9 Å². The molecular weight excluding hydrogens is 404 g/mol. The minimum Gasteiger partial charge on any atom is -0.494 e. The molecule has 1 heterocycles. The van der Waals surface area contributed by atoms with E-state index in [2.05, 4.69) is 5.32 Å². The van der Waals surface area contributed by atoms with E-state index in [1.165, 1.54) is 28.6 Å². The van der Waals surface area contributed by atoms with Gasteiger partial charge in [-0.2, -0.15) is 4.31 Å². The molecule has 3 rings (SSSR count). The van der Waals surface area contributed by atoms with Crippen LogP contribution in [0.15, 0.2) is 53.4 Å². The molecule has 0 aliphatic carbocycles. The van der Waals surface area contributed by atoms with E-state index in [1.807, 2.05) is 26.8 Å². The summed E-state index contributed by atoms with van der Waals surface area (Å²) in [5.74, 6) is 0.366. The molecule has 0 bridgehead atoms. The van der Waals surface area contributed by atoms with Crippen molar-refractivity contribution in [2.75, 3.05) is 25.0 Å². The Morgan fingerprint density at radius 3 is 2.43 bits per heavy atom. The second-order valence-corrected chi connectivity index (χ2v) is 9.37. The number of carbonyl (C=O) groups excluding carboxylic acids is 1. The quantitative estimate of drug-likeness (QED) is 0.724. The maximum atomic E-state index is 12.9. The third-order valence-corrected chi connectivity index (χ3v) is 6.55. The fourth-order valence-corrected chi connectivity index (χ4v) is 4.93. The average Bonchev–Trinajstić information content (AvgIpc) is 2.72. The number of morpholine rings is 1. The van der Waals surface area contributed by atoms with Gasteiger partial charge in [0.2, 0.25) is 10.0 Å². The van der Waals surface area contributed by atoms with E-state index in [0.717, 1.165) is 6.42 Å². The van der Waals surface area contributed by atoms with Crippen LogP contribution in [0.25, 0.3) is 0 Å². The number of benzene rings is 2. The van der Waals surface area contributed by atoms with Gasteiger partial charge < -0.3 is 14.8 Å². The molecule has 2 unspecified atom stereocenters. The van der Waals surface area contributed by atoms with Gasteiger partial charge in [0.1, 0.15) is 5.75 Å². The minimum absolute atomic E-state index is 0.161. The van der Waals surface area contributed by atoms with Crippen LogP contribution in [0.5, 0.6) is 5.75 Å². The summed E-state index contributed by atoms with van der Waals surface area (Å²) in [6.07, 6.45) is 0.574. The first-order chi connectivity index (χ1) is 14.3. The van der Waals surface area contributed by atoms with Crippen LogP contribution < -0.4 is 10.1 Å². The van der Waals surface area contributed by atoms with E-state index >= 15 is 0 Å². The van der Waals surface area contributed by atoms with E-state index in [0.29, 0.717) is 36.7 Å². The fourth-order valence-electron chi connectivity index (χ4n) is 3.34. The molecule has 1 saturated heterocycles. The third kappa shape index (κ3) is 5.38. The number of anilines is 1.